The lowest BCUT2D eigenvalue weighted by molar-refractivity contribution is -0.101. The van der Waals surface area contributed by atoms with E-state index in [1.165, 1.54) is 37.7 Å². The van der Waals surface area contributed by atoms with Crippen molar-refractivity contribution in [2.45, 2.75) is 38.6 Å². The van der Waals surface area contributed by atoms with Crippen molar-refractivity contribution in [1.82, 2.24) is 9.88 Å². The molecule has 14 heteroatoms. The molecule has 7 rings (SSSR count). The van der Waals surface area contributed by atoms with Crippen molar-refractivity contribution in [2.24, 2.45) is 11.1 Å². The summed E-state index contributed by atoms with van der Waals surface area (Å²) in [4.78, 5) is 27.5. The number of aromatic nitrogens is 1. The zero-order chi connectivity index (χ0) is 39.4. The molecule has 1 amide bonds. The van der Waals surface area contributed by atoms with E-state index in [4.69, 9.17) is 29.4 Å². The highest BCUT2D eigenvalue weighted by Gasteiger charge is 2.29. The van der Waals surface area contributed by atoms with Crippen LogP contribution in [0.15, 0.2) is 84.1 Å². The number of halogens is 3. The molecule has 0 radical (unpaired) electrons. The highest BCUT2D eigenvalue weighted by atomic mass is 19.1. The number of pyridine rings is 1. The van der Waals surface area contributed by atoms with Crippen LogP contribution in [0, 0.1) is 22.9 Å². The number of anilines is 1. The van der Waals surface area contributed by atoms with Crippen molar-refractivity contribution in [1.29, 1.82) is 0 Å². The number of carbonyl (C=O) groups is 1. The Hall–Kier alpha value is -5.41. The number of allylic oxidation sites excluding steroid dienone is 2. The standard InChI is InChI=1S/C42H43F3N4O7/c1-42(9-11-53-12-10-42)24-49-20-33(31-6-4-27(43)17-35(31)44)39(50)34(21-49)41(51)48-28-5-7-30(36(45)18-28)32-15-26(19-47-40(32)46)25-3-8-37(38(16-25)52-2)56-23-29-22-54-13-14-55-29/h3-8,15-21,29,40,47H,9-14,22-24,46H2,1-2H3,(H,48,51)/t29-,40?/m1/s1. The monoisotopic (exact) mass is 772 g/mol. The van der Waals surface area contributed by atoms with Gasteiger partial charge in [0.15, 0.2) is 11.5 Å². The predicted octanol–water partition coefficient (Wildman–Crippen LogP) is 6.12. The molecule has 294 valence electrons. The Bertz CT molecular complexity index is 2230. The Morgan fingerprint density at radius 1 is 0.946 bits per heavy atom. The van der Waals surface area contributed by atoms with E-state index < -0.39 is 35.0 Å². The second kappa shape index (κ2) is 16.8. The summed E-state index contributed by atoms with van der Waals surface area (Å²) in [6.45, 7) is 5.42. The minimum atomic E-state index is -0.939. The van der Waals surface area contributed by atoms with E-state index in [-0.39, 0.29) is 39.5 Å². The van der Waals surface area contributed by atoms with Crippen LogP contribution in [-0.4, -0.2) is 69.5 Å². The molecule has 2 fully saturated rings. The molecule has 1 aromatic heterocycles. The lowest BCUT2D eigenvalue weighted by atomic mass is 9.82. The first-order valence-electron chi connectivity index (χ1n) is 18.3. The molecule has 4 aromatic rings. The first-order valence-corrected chi connectivity index (χ1v) is 18.3. The third-order valence-corrected chi connectivity index (χ3v) is 10.2. The van der Waals surface area contributed by atoms with Gasteiger partial charge in [0.1, 0.15) is 41.9 Å². The maximum Gasteiger partial charge on any atom is 0.261 e. The van der Waals surface area contributed by atoms with Crippen molar-refractivity contribution in [2.75, 3.05) is 52.1 Å². The van der Waals surface area contributed by atoms with Gasteiger partial charge in [-0.2, -0.15) is 0 Å². The quantitative estimate of drug-likeness (QED) is 0.165. The van der Waals surface area contributed by atoms with Crippen LogP contribution in [0.4, 0.5) is 18.9 Å². The van der Waals surface area contributed by atoms with Crippen molar-refractivity contribution in [3.63, 3.8) is 0 Å². The van der Waals surface area contributed by atoms with Crippen LogP contribution in [0.5, 0.6) is 11.5 Å². The normalized spacial score (nSPS) is 19.3. The highest BCUT2D eigenvalue weighted by molar-refractivity contribution is 6.04. The second-order valence-electron chi connectivity index (χ2n) is 14.4. The number of benzene rings is 3. The number of hydrogen-bond acceptors (Lipinski definition) is 9. The van der Waals surface area contributed by atoms with E-state index in [1.807, 2.05) is 6.07 Å². The fourth-order valence-corrected chi connectivity index (χ4v) is 7.03. The number of ether oxygens (including phenoxy) is 5. The van der Waals surface area contributed by atoms with Crippen LogP contribution >= 0.6 is 0 Å². The molecule has 11 nitrogen and oxygen atoms in total. The number of hydrogen-bond donors (Lipinski definition) is 3. The molecule has 4 N–H and O–H groups in total. The maximum absolute atomic E-state index is 15.9. The zero-order valence-electron chi connectivity index (χ0n) is 31.0. The number of nitrogens with two attached hydrogens (primary N) is 1. The average molecular weight is 773 g/mol. The van der Waals surface area contributed by atoms with E-state index in [0.29, 0.717) is 74.9 Å². The number of methoxy groups -OCH3 is 1. The van der Waals surface area contributed by atoms with Crippen molar-refractivity contribution >= 4 is 22.7 Å². The first kappa shape index (κ1) is 38.8. The van der Waals surface area contributed by atoms with Gasteiger partial charge in [0, 0.05) is 66.8 Å². The predicted molar refractivity (Wildman–Crippen MR) is 205 cm³/mol. The van der Waals surface area contributed by atoms with E-state index >= 15 is 4.39 Å². The molecule has 4 heterocycles. The molecule has 3 aliphatic heterocycles. The molecule has 0 bridgehead atoms. The smallest absolute Gasteiger partial charge is 0.261 e. The lowest BCUT2D eigenvalue weighted by Gasteiger charge is -2.34. The van der Waals surface area contributed by atoms with E-state index in [1.54, 1.807) is 29.0 Å². The summed E-state index contributed by atoms with van der Waals surface area (Å²) in [6.07, 6.45) is 6.92. The summed E-state index contributed by atoms with van der Waals surface area (Å²) in [5.74, 6) is -2.21. The fourth-order valence-electron chi connectivity index (χ4n) is 7.03. The second-order valence-corrected chi connectivity index (χ2v) is 14.4. The zero-order valence-corrected chi connectivity index (χ0v) is 31.0. The Kier molecular flexibility index (Phi) is 11.6. The molecule has 1 unspecified atom stereocenters. The molecule has 0 aliphatic carbocycles. The van der Waals surface area contributed by atoms with Crippen LogP contribution in [0.2, 0.25) is 0 Å². The van der Waals surface area contributed by atoms with Crippen molar-refractivity contribution in [3.05, 3.63) is 124 Å². The number of nitrogens with zero attached hydrogens (tertiary/aromatic N) is 1. The number of nitrogens with one attached hydrogen (secondary N) is 2. The van der Waals surface area contributed by atoms with Gasteiger partial charge in [-0.05, 0) is 83.5 Å². The molecule has 3 aromatic carbocycles. The van der Waals surface area contributed by atoms with Crippen molar-refractivity contribution < 1.29 is 41.7 Å². The summed E-state index contributed by atoms with van der Waals surface area (Å²) in [7, 11) is 1.54. The van der Waals surface area contributed by atoms with Gasteiger partial charge in [-0.15, -0.1) is 0 Å². The Balaban J connectivity index is 1.12. The fraction of sp³-hybridized carbons (Fsp3) is 0.333. The van der Waals surface area contributed by atoms with Gasteiger partial charge in [-0.1, -0.05) is 13.0 Å². The number of carbonyl (C=O) groups excluding carboxylic acids is 1. The largest absolute Gasteiger partial charge is 0.493 e. The molecule has 0 saturated carbocycles. The topological polar surface area (TPSA) is 135 Å². The number of amides is 1. The van der Waals surface area contributed by atoms with E-state index in [9.17, 15) is 18.4 Å². The van der Waals surface area contributed by atoms with Crippen LogP contribution in [0.25, 0.3) is 22.3 Å². The summed E-state index contributed by atoms with van der Waals surface area (Å²) in [5.41, 5.74) is 7.04. The van der Waals surface area contributed by atoms with Gasteiger partial charge >= 0.3 is 0 Å². The Morgan fingerprint density at radius 2 is 1.73 bits per heavy atom. The third kappa shape index (κ3) is 8.68. The van der Waals surface area contributed by atoms with Gasteiger partial charge < -0.3 is 44.6 Å². The SMILES string of the molecule is COc1cc(C2=CNC(N)C(c3ccc(NC(=O)c4cn(CC5(C)CCOCC5)cc(-c5ccc(F)cc5F)c4=O)cc3F)=C2)ccc1OC[C@H]1COCCO1. The average Bonchev–Trinajstić information content (AvgIpc) is 3.19. The van der Waals surface area contributed by atoms with Gasteiger partial charge in [0.2, 0.25) is 5.43 Å². The molecule has 56 heavy (non-hydrogen) atoms. The number of dihydropyridines is 1. The molecular weight excluding hydrogens is 729 g/mol. The maximum atomic E-state index is 15.9. The molecule has 2 saturated heterocycles. The highest BCUT2D eigenvalue weighted by Crippen LogP contribution is 2.35. The minimum Gasteiger partial charge on any atom is -0.493 e. The Morgan fingerprint density at radius 3 is 2.46 bits per heavy atom. The van der Waals surface area contributed by atoms with Gasteiger partial charge in [0.25, 0.3) is 5.91 Å². The summed E-state index contributed by atoms with van der Waals surface area (Å²) >= 11 is 0. The Labute approximate surface area is 321 Å². The summed E-state index contributed by atoms with van der Waals surface area (Å²) in [6, 6.07) is 12.5. The number of rotatable bonds is 11. The van der Waals surface area contributed by atoms with Crippen LogP contribution in [0.1, 0.15) is 41.3 Å². The molecular formula is C42H43F3N4O7. The third-order valence-electron chi connectivity index (χ3n) is 10.2. The summed E-state index contributed by atoms with van der Waals surface area (Å²) in [5, 5.41) is 5.70. The van der Waals surface area contributed by atoms with Gasteiger partial charge in [-0.3, -0.25) is 9.59 Å². The lowest BCUT2D eigenvalue weighted by Crippen LogP contribution is -2.37. The van der Waals surface area contributed by atoms with Crippen molar-refractivity contribution in [3.8, 4) is 22.6 Å². The van der Waals surface area contributed by atoms with E-state index in [2.05, 4.69) is 17.6 Å². The summed E-state index contributed by atoms with van der Waals surface area (Å²) < 4.78 is 74.6. The first-order chi connectivity index (χ1) is 27.0. The van der Waals surface area contributed by atoms with E-state index in [0.717, 1.165) is 30.5 Å². The molecule has 3 aliphatic rings. The van der Waals surface area contributed by atoms with Crippen LogP contribution in [0.3, 0.4) is 0 Å². The van der Waals surface area contributed by atoms with Gasteiger partial charge in [0.05, 0.1) is 26.9 Å². The minimum absolute atomic E-state index is 0.0798. The molecule has 2 atom stereocenters. The van der Waals surface area contributed by atoms with Crippen LogP contribution < -0.4 is 31.3 Å². The molecule has 0 spiro atoms. The van der Waals surface area contributed by atoms with Crippen LogP contribution in [-0.2, 0) is 20.8 Å². The van der Waals surface area contributed by atoms with Gasteiger partial charge in [-0.25, -0.2) is 13.2 Å².